The van der Waals surface area contributed by atoms with E-state index in [1.54, 1.807) is 0 Å². The summed E-state index contributed by atoms with van der Waals surface area (Å²) in [5.74, 6) is 0. The quantitative estimate of drug-likeness (QED) is 0.786. The summed E-state index contributed by atoms with van der Waals surface area (Å²) in [6.45, 7) is 10.8. The summed E-state index contributed by atoms with van der Waals surface area (Å²) in [7, 11) is 0. The van der Waals surface area contributed by atoms with Crippen LogP contribution < -0.4 is 5.32 Å². The van der Waals surface area contributed by atoms with Gasteiger partial charge >= 0.3 is 0 Å². The van der Waals surface area contributed by atoms with Gasteiger partial charge in [-0.3, -0.25) is 0 Å². The van der Waals surface area contributed by atoms with Gasteiger partial charge in [0.1, 0.15) is 0 Å². The minimum Gasteiger partial charge on any atom is -0.317 e. The molecule has 3 heteroatoms. The summed E-state index contributed by atoms with van der Waals surface area (Å²) < 4.78 is 2.08. The number of aromatic nitrogens is 2. The van der Waals surface area contributed by atoms with Crippen LogP contribution in [0.1, 0.15) is 42.3 Å². The minimum absolute atomic E-state index is 1.09. The van der Waals surface area contributed by atoms with Crippen molar-refractivity contribution in [1.29, 1.82) is 0 Å². The Bertz CT molecular complexity index is 584. The van der Waals surface area contributed by atoms with Crippen molar-refractivity contribution in [3.8, 4) is 5.69 Å². The van der Waals surface area contributed by atoms with Gasteiger partial charge in [-0.05, 0) is 76.4 Å². The van der Waals surface area contributed by atoms with Gasteiger partial charge in [0, 0.05) is 5.69 Å². The van der Waals surface area contributed by atoms with Crippen LogP contribution in [-0.2, 0) is 6.42 Å². The highest BCUT2D eigenvalue weighted by atomic mass is 15.3. The lowest BCUT2D eigenvalue weighted by atomic mass is 10.1. The van der Waals surface area contributed by atoms with Crippen LogP contribution >= 0.6 is 0 Å². The molecule has 0 saturated carbocycles. The highest BCUT2D eigenvalue weighted by Crippen LogP contribution is 2.19. The summed E-state index contributed by atoms with van der Waals surface area (Å²) in [4.78, 5) is 0. The maximum atomic E-state index is 4.73. The summed E-state index contributed by atoms with van der Waals surface area (Å²) in [6.07, 6.45) is 3.46. The minimum atomic E-state index is 1.09. The van der Waals surface area contributed by atoms with E-state index in [0.717, 1.165) is 30.9 Å². The van der Waals surface area contributed by atoms with Crippen LogP contribution in [0.15, 0.2) is 24.3 Å². The maximum Gasteiger partial charge on any atom is 0.0651 e. The predicted octanol–water partition coefficient (Wildman–Crippen LogP) is 3.73. The van der Waals surface area contributed by atoms with Crippen LogP contribution in [0, 0.1) is 20.8 Å². The Balaban J connectivity index is 2.10. The van der Waals surface area contributed by atoms with Gasteiger partial charge in [0.25, 0.3) is 0 Å². The average molecular weight is 285 g/mol. The normalized spacial score (nSPS) is 11.0. The molecule has 0 radical (unpaired) electrons. The van der Waals surface area contributed by atoms with Crippen LogP contribution in [-0.4, -0.2) is 22.9 Å². The Hall–Kier alpha value is -1.61. The van der Waals surface area contributed by atoms with Gasteiger partial charge < -0.3 is 5.32 Å². The lowest BCUT2D eigenvalue weighted by Gasteiger charge is -2.07. The third kappa shape index (κ3) is 3.94. The van der Waals surface area contributed by atoms with Gasteiger partial charge in [-0.25, -0.2) is 4.68 Å². The molecular formula is C18H27N3. The number of benzene rings is 1. The summed E-state index contributed by atoms with van der Waals surface area (Å²) >= 11 is 0. The predicted molar refractivity (Wildman–Crippen MR) is 89.3 cm³/mol. The van der Waals surface area contributed by atoms with E-state index >= 15 is 0 Å². The van der Waals surface area contributed by atoms with E-state index in [1.807, 2.05) is 0 Å². The van der Waals surface area contributed by atoms with Crippen molar-refractivity contribution < 1.29 is 0 Å². The van der Waals surface area contributed by atoms with Crippen molar-refractivity contribution in [2.45, 2.75) is 47.0 Å². The SMILES string of the molecule is CCCNCCCc1c(C)nn(-c2cccc(C)c2)c1C. The number of hydrogen-bond donors (Lipinski definition) is 1. The van der Waals surface area contributed by atoms with Gasteiger partial charge in [-0.2, -0.15) is 5.10 Å². The summed E-state index contributed by atoms with van der Waals surface area (Å²) in [6, 6.07) is 8.52. The van der Waals surface area contributed by atoms with Gasteiger partial charge in [0.2, 0.25) is 0 Å². The number of nitrogens with zero attached hydrogens (tertiary/aromatic N) is 2. The molecular weight excluding hydrogens is 258 g/mol. The van der Waals surface area contributed by atoms with Crippen LogP contribution in [0.4, 0.5) is 0 Å². The molecule has 1 aromatic heterocycles. The molecule has 1 heterocycles. The zero-order valence-electron chi connectivity index (χ0n) is 13.7. The van der Waals surface area contributed by atoms with Crippen molar-refractivity contribution in [1.82, 2.24) is 15.1 Å². The molecule has 0 atom stereocenters. The standard InChI is InChI=1S/C18H27N3/c1-5-11-19-12-7-10-18-15(3)20-21(16(18)4)17-9-6-8-14(2)13-17/h6,8-9,13,19H,5,7,10-12H2,1-4H3. The average Bonchev–Trinajstić information content (AvgIpc) is 2.74. The molecule has 0 fully saturated rings. The molecule has 0 aliphatic carbocycles. The molecule has 2 aromatic rings. The summed E-state index contributed by atoms with van der Waals surface area (Å²) in [5.41, 5.74) is 6.25. The van der Waals surface area contributed by atoms with Crippen LogP contribution in [0.25, 0.3) is 5.69 Å². The van der Waals surface area contributed by atoms with Gasteiger partial charge in [0.05, 0.1) is 11.4 Å². The van der Waals surface area contributed by atoms with Crippen LogP contribution in [0.2, 0.25) is 0 Å². The fourth-order valence-corrected chi connectivity index (χ4v) is 2.74. The molecule has 0 aliphatic rings. The number of rotatable bonds is 7. The topological polar surface area (TPSA) is 29.9 Å². The first-order valence-electron chi connectivity index (χ1n) is 7.96. The lowest BCUT2D eigenvalue weighted by molar-refractivity contribution is 0.638. The van der Waals surface area contributed by atoms with Gasteiger partial charge in [0.15, 0.2) is 0 Å². The maximum absolute atomic E-state index is 4.73. The van der Waals surface area contributed by atoms with E-state index in [2.05, 4.69) is 62.0 Å². The van der Waals surface area contributed by atoms with E-state index < -0.39 is 0 Å². The van der Waals surface area contributed by atoms with Crippen LogP contribution in [0.3, 0.4) is 0 Å². The molecule has 1 aromatic carbocycles. The zero-order valence-corrected chi connectivity index (χ0v) is 13.7. The molecule has 114 valence electrons. The van der Waals surface area contributed by atoms with E-state index in [9.17, 15) is 0 Å². The van der Waals surface area contributed by atoms with Crippen molar-refractivity contribution in [3.05, 3.63) is 46.8 Å². The first-order valence-corrected chi connectivity index (χ1v) is 7.96. The van der Waals surface area contributed by atoms with Crippen LogP contribution in [0.5, 0.6) is 0 Å². The van der Waals surface area contributed by atoms with E-state index in [-0.39, 0.29) is 0 Å². The molecule has 3 nitrogen and oxygen atoms in total. The molecule has 0 spiro atoms. The Labute approximate surface area is 128 Å². The molecule has 1 N–H and O–H groups in total. The number of hydrogen-bond acceptors (Lipinski definition) is 2. The molecule has 0 saturated heterocycles. The second-order valence-electron chi connectivity index (χ2n) is 5.75. The second kappa shape index (κ2) is 7.41. The van der Waals surface area contributed by atoms with E-state index in [4.69, 9.17) is 5.10 Å². The molecule has 0 amide bonds. The summed E-state index contributed by atoms with van der Waals surface area (Å²) in [5, 5.41) is 8.20. The largest absolute Gasteiger partial charge is 0.317 e. The highest BCUT2D eigenvalue weighted by Gasteiger charge is 2.12. The first-order chi connectivity index (χ1) is 10.1. The lowest BCUT2D eigenvalue weighted by Crippen LogP contribution is -2.16. The van der Waals surface area contributed by atoms with Gasteiger partial charge in [-0.1, -0.05) is 19.1 Å². The Morgan fingerprint density at radius 3 is 2.67 bits per heavy atom. The van der Waals surface area contributed by atoms with Gasteiger partial charge in [-0.15, -0.1) is 0 Å². The monoisotopic (exact) mass is 285 g/mol. The Kier molecular flexibility index (Phi) is 5.57. The molecule has 2 rings (SSSR count). The fraction of sp³-hybridized carbons (Fsp3) is 0.500. The smallest absolute Gasteiger partial charge is 0.0651 e. The molecule has 21 heavy (non-hydrogen) atoms. The molecule has 0 unspecified atom stereocenters. The number of aryl methyl sites for hydroxylation is 2. The third-order valence-corrected chi connectivity index (χ3v) is 3.89. The van der Waals surface area contributed by atoms with Crippen molar-refractivity contribution >= 4 is 0 Å². The van der Waals surface area contributed by atoms with E-state index in [1.165, 1.54) is 29.7 Å². The zero-order chi connectivity index (χ0) is 15.2. The van der Waals surface area contributed by atoms with E-state index in [0.29, 0.717) is 0 Å². The Morgan fingerprint density at radius 1 is 1.14 bits per heavy atom. The number of nitrogens with one attached hydrogen (secondary N) is 1. The highest BCUT2D eigenvalue weighted by molar-refractivity contribution is 5.39. The third-order valence-electron chi connectivity index (χ3n) is 3.89. The van der Waals surface area contributed by atoms with Crippen molar-refractivity contribution in [3.63, 3.8) is 0 Å². The fourth-order valence-electron chi connectivity index (χ4n) is 2.74. The molecule has 0 aliphatic heterocycles. The second-order valence-corrected chi connectivity index (χ2v) is 5.75. The first kappa shape index (κ1) is 15.8. The Morgan fingerprint density at radius 2 is 1.95 bits per heavy atom. The molecule has 0 bridgehead atoms. The van der Waals surface area contributed by atoms with Crippen molar-refractivity contribution in [2.75, 3.05) is 13.1 Å². The van der Waals surface area contributed by atoms with Crippen molar-refractivity contribution in [2.24, 2.45) is 0 Å².